The molecule has 0 saturated carbocycles. The van der Waals surface area contributed by atoms with Gasteiger partial charge < -0.3 is 15.1 Å². The molecule has 0 aromatic heterocycles. The van der Waals surface area contributed by atoms with Gasteiger partial charge in [0.05, 0.1) is 0 Å². The lowest BCUT2D eigenvalue weighted by atomic mass is 9.95. The molecule has 1 atom stereocenters. The van der Waals surface area contributed by atoms with Crippen LogP contribution in [0.25, 0.3) is 0 Å². The van der Waals surface area contributed by atoms with E-state index in [0.717, 1.165) is 25.6 Å². The molecule has 0 bridgehead atoms. The predicted octanol–water partition coefficient (Wildman–Crippen LogP) is 1.72. The first-order valence-electron chi connectivity index (χ1n) is 7.90. The average molecular weight is 273 g/mol. The Bertz CT molecular complexity index is 458. The smallest absolute Gasteiger partial charge is 0.0233 e. The van der Waals surface area contributed by atoms with E-state index in [1.54, 1.807) is 5.56 Å². The number of hydrogen-bond donors (Lipinski definition) is 1. The van der Waals surface area contributed by atoms with Gasteiger partial charge in [-0.15, -0.1) is 0 Å². The fraction of sp³-hybridized carbons (Fsp3) is 0.647. The minimum Gasteiger partial charge on any atom is -0.312 e. The number of nitrogens with one attached hydrogen (secondary N) is 1. The molecule has 1 aromatic rings. The van der Waals surface area contributed by atoms with Gasteiger partial charge >= 0.3 is 0 Å². The molecule has 0 amide bonds. The maximum absolute atomic E-state index is 3.47. The predicted molar refractivity (Wildman–Crippen MR) is 83.8 cm³/mol. The zero-order chi connectivity index (χ0) is 13.9. The minimum absolute atomic E-state index is 0.853. The first-order valence-corrected chi connectivity index (χ1v) is 7.90. The van der Waals surface area contributed by atoms with Crippen LogP contribution in [0.4, 0.5) is 0 Å². The zero-order valence-corrected chi connectivity index (χ0v) is 12.9. The lowest BCUT2D eigenvalue weighted by Crippen LogP contribution is -2.29. The third kappa shape index (κ3) is 3.22. The van der Waals surface area contributed by atoms with Crippen LogP contribution >= 0.6 is 0 Å². The molecule has 1 aromatic carbocycles. The Kier molecular flexibility index (Phi) is 4.39. The standard InChI is InChI=1S/C17H27N3/c1-19-9-7-14(11-19)12-20(2)13-16-5-3-4-15-10-18-8-6-17(15)16/h3-5,14,18H,6-13H2,1-2H3. The monoisotopic (exact) mass is 273 g/mol. The first kappa shape index (κ1) is 14.1. The molecular weight excluding hydrogens is 246 g/mol. The molecule has 0 radical (unpaired) electrons. The maximum atomic E-state index is 3.47. The first-order chi connectivity index (χ1) is 9.72. The molecule has 0 aliphatic carbocycles. The molecule has 110 valence electrons. The van der Waals surface area contributed by atoms with Crippen LogP contribution in [0.5, 0.6) is 0 Å². The largest absolute Gasteiger partial charge is 0.312 e. The summed E-state index contributed by atoms with van der Waals surface area (Å²) in [7, 11) is 4.51. The van der Waals surface area contributed by atoms with Gasteiger partial charge in [-0.05, 0) is 62.6 Å². The van der Waals surface area contributed by atoms with Crippen molar-refractivity contribution < 1.29 is 0 Å². The molecule has 2 aliphatic heterocycles. The Morgan fingerprint density at radius 1 is 1.40 bits per heavy atom. The van der Waals surface area contributed by atoms with E-state index in [0.29, 0.717) is 0 Å². The van der Waals surface area contributed by atoms with Crippen LogP contribution in [0, 0.1) is 5.92 Å². The van der Waals surface area contributed by atoms with Crippen LogP contribution in [-0.2, 0) is 19.5 Å². The van der Waals surface area contributed by atoms with Gasteiger partial charge in [0.25, 0.3) is 0 Å². The third-order valence-corrected chi connectivity index (χ3v) is 4.74. The van der Waals surface area contributed by atoms with Crippen molar-refractivity contribution in [1.29, 1.82) is 0 Å². The molecule has 2 heterocycles. The Morgan fingerprint density at radius 2 is 2.30 bits per heavy atom. The molecule has 3 nitrogen and oxygen atoms in total. The zero-order valence-electron chi connectivity index (χ0n) is 12.9. The van der Waals surface area contributed by atoms with Gasteiger partial charge in [-0.2, -0.15) is 0 Å². The average Bonchev–Trinajstić information content (AvgIpc) is 2.84. The molecule has 1 fully saturated rings. The third-order valence-electron chi connectivity index (χ3n) is 4.74. The van der Waals surface area contributed by atoms with Crippen molar-refractivity contribution in [2.75, 3.05) is 40.3 Å². The van der Waals surface area contributed by atoms with E-state index in [1.807, 2.05) is 0 Å². The van der Waals surface area contributed by atoms with Gasteiger partial charge in [-0.3, -0.25) is 0 Å². The van der Waals surface area contributed by atoms with E-state index in [4.69, 9.17) is 0 Å². The Morgan fingerprint density at radius 3 is 3.10 bits per heavy atom. The van der Waals surface area contributed by atoms with E-state index in [-0.39, 0.29) is 0 Å². The van der Waals surface area contributed by atoms with Crippen molar-refractivity contribution in [3.8, 4) is 0 Å². The number of rotatable bonds is 4. The topological polar surface area (TPSA) is 18.5 Å². The Balaban J connectivity index is 1.62. The van der Waals surface area contributed by atoms with Crippen LogP contribution in [0.15, 0.2) is 18.2 Å². The number of nitrogens with zero attached hydrogens (tertiary/aromatic N) is 2. The number of likely N-dealkylation sites (tertiary alicyclic amines) is 1. The fourth-order valence-corrected chi connectivity index (χ4v) is 3.73. The van der Waals surface area contributed by atoms with Gasteiger partial charge in [0.2, 0.25) is 0 Å². The molecule has 3 rings (SSSR count). The fourth-order valence-electron chi connectivity index (χ4n) is 3.73. The van der Waals surface area contributed by atoms with E-state index in [2.05, 4.69) is 47.4 Å². The highest BCUT2D eigenvalue weighted by atomic mass is 15.1. The summed E-state index contributed by atoms with van der Waals surface area (Å²) in [5.74, 6) is 0.853. The molecule has 1 unspecified atom stereocenters. The lowest BCUT2D eigenvalue weighted by molar-refractivity contribution is 0.266. The summed E-state index contributed by atoms with van der Waals surface area (Å²) < 4.78 is 0. The minimum atomic E-state index is 0.853. The van der Waals surface area contributed by atoms with E-state index < -0.39 is 0 Å². The van der Waals surface area contributed by atoms with Crippen molar-refractivity contribution in [1.82, 2.24) is 15.1 Å². The molecule has 2 aliphatic rings. The number of benzene rings is 1. The van der Waals surface area contributed by atoms with Gasteiger partial charge in [0, 0.05) is 26.2 Å². The van der Waals surface area contributed by atoms with Crippen molar-refractivity contribution in [3.05, 3.63) is 34.9 Å². The van der Waals surface area contributed by atoms with Crippen LogP contribution < -0.4 is 5.32 Å². The summed E-state index contributed by atoms with van der Waals surface area (Å²) in [6, 6.07) is 6.82. The van der Waals surface area contributed by atoms with E-state index in [1.165, 1.54) is 43.6 Å². The summed E-state index contributed by atoms with van der Waals surface area (Å²) in [5, 5.41) is 3.47. The second-order valence-corrected chi connectivity index (χ2v) is 6.60. The van der Waals surface area contributed by atoms with Crippen LogP contribution in [0.2, 0.25) is 0 Å². The quantitative estimate of drug-likeness (QED) is 0.901. The van der Waals surface area contributed by atoms with Gasteiger partial charge in [0.1, 0.15) is 0 Å². The highest BCUT2D eigenvalue weighted by Gasteiger charge is 2.21. The second kappa shape index (κ2) is 6.25. The van der Waals surface area contributed by atoms with Gasteiger partial charge in [-0.25, -0.2) is 0 Å². The highest BCUT2D eigenvalue weighted by Crippen LogP contribution is 2.21. The molecular formula is C17H27N3. The normalized spacial score (nSPS) is 23.2. The van der Waals surface area contributed by atoms with Crippen molar-refractivity contribution in [2.24, 2.45) is 5.92 Å². The van der Waals surface area contributed by atoms with Crippen LogP contribution in [0.3, 0.4) is 0 Å². The molecule has 1 saturated heterocycles. The summed E-state index contributed by atoms with van der Waals surface area (Å²) in [6.07, 6.45) is 2.54. The van der Waals surface area contributed by atoms with Gasteiger partial charge in [0.15, 0.2) is 0 Å². The summed E-state index contributed by atoms with van der Waals surface area (Å²) >= 11 is 0. The molecule has 0 spiro atoms. The Hall–Kier alpha value is -0.900. The van der Waals surface area contributed by atoms with Crippen molar-refractivity contribution in [3.63, 3.8) is 0 Å². The Labute approximate surface area is 123 Å². The summed E-state index contributed by atoms with van der Waals surface area (Å²) in [5.41, 5.74) is 4.64. The second-order valence-electron chi connectivity index (χ2n) is 6.60. The molecule has 20 heavy (non-hydrogen) atoms. The van der Waals surface area contributed by atoms with E-state index >= 15 is 0 Å². The lowest BCUT2D eigenvalue weighted by Gasteiger charge is -2.25. The summed E-state index contributed by atoms with van der Waals surface area (Å²) in [4.78, 5) is 4.97. The molecule has 1 N–H and O–H groups in total. The van der Waals surface area contributed by atoms with Crippen LogP contribution in [0.1, 0.15) is 23.1 Å². The van der Waals surface area contributed by atoms with Crippen molar-refractivity contribution in [2.45, 2.75) is 25.9 Å². The highest BCUT2D eigenvalue weighted by molar-refractivity contribution is 5.36. The number of hydrogen-bond acceptors (Lipinski definition) is 3. The van der Waals surface area contributed by atoms with Gasteiger partial charge in [-0.1, -0.05) is 18.2 Å². The molecule has 3 heteroatoms. The van der Waals surface area contributed by atoms with Crippen molar-refractivity contribution >= 4 is 0 Å². The SMILES string of the molecule is CN1CCC(CN(C)Cc2cccc3c2CCNC3)C1. The summed E-state index contributed by atoms with van der Waals surface area (Å²) in [6.45, 7) is 7.03. The van der Waals surface area contributed by atoms with Crippen LogP contribution in [-0.4, -0.2) is 50.1 Å². The maximum Gasteiger partial charge on any atom is 0.0233 e. The number of fused-ring (bicyclic) bond motifs is 1. The van der Waals surface area contributed by atoms with E-state index in [9.17, 15) is 0 Å².